The molecule has 32 heavy (non-hydrogen) atoms. The summed E-state index contributed by atoms with van der Waals surface area (Å²) < 4.78 is 0. The molecule has 0 N–H and O–H groups in total. The van der Waals surface area contributed by atoms with Crippen molar-refractivity contribution in [3.05, 3.63) is 63.6 Å². The van der Waals surface area contributed by atoms with Crippen molar-refractivity contribution in [1.82, 2.24) is 0 Å². The molecular formula is C20H2Cl6O6. The Balaban J connectivity index is 1.89. The van der Waals surface area contributed by atoms with Crippen LogP contribution in [0.1, 0.15) is 0 Å². The second kappa shape index (κ2) is 6.86. The molecule has 0 saturated heterocycles. The lowest BCUT2D eigenvalue weighted by Crippen LogP contribution is -2.48. The highest BCUT2D eigenvalue weighted by atomic mass is 35.5. The van der Waals surface area contributed by atoms with Crippen LogP contribution in [0.15, 0.2) is 63.6 Å². The Hall–Kier alpha value is -1.80. The molecule has 6 rings (SSSR count). The Kier molecular flexibility index (Phi) is 4.72. The van der Waals surface area contributed by atoms with E-state index in [0.29, 0.717) is 0 Å². The number of hydrogen-bond acceptors (Lipinski definition) is 6. The molecule has 0 atom stereocenters. The Labute approximate surface area is 207 Å². The summed E-state index contributed by atoms with van der Waals surface area (Å²) in [6.45, 7) is 0. The zero-order chi connectivity index (χ0) is 23.5. The lowest BCUT2D eigenvalue weighted by molar-refractivity contribution is -0.120. The van der Waals surface area contributed by atoms with E-state index in [1.54, 1.807) is 0 Å². The molecule has 0 spiro atoms. The van der Waals surface area contributed by atoms with E-state index in [4.69, 9.17) is 69.6 Å². The Morgan fingerprint density at radius 2 is 0.438 bits per heavy atom. The number of rotatable bonds is 0. The minimum atomic E-state index is -1.61. The highest BCUT2D eigenvalue weighted by Gasteiger charge is 2.60. The van der Waals surface area contributed by atoms with E-state index in [-0.39, 0.29) is 33.4 Å². The molecule has 2 bridgehead atoms. The summed E-state index contributed by atoms with van der Waals surface area (Å²) in [5.41, 5.74) is -2.09. The Bertz CT molecular complexity index is 1160. The second-order valence-electron chi connectivity index (χ2n) is 7.21. The molecule has 6 aliphatic carbocycles. The fourth-order valence-corrected chi connectivity index (χ4v) is 5.75. The van der Waals surface area contributed by atoms with Crippen LogP contribution in [0.4, 0.5) is 0 Å². The van der Waals surface area contributed by atoms with E-state index < -0.39 is 76.7 Å². The third-order valence-electron chi connectivity index (χ3n) is 5.84. The predicted octanol–water partition coefficient (Wildman–Crippen LogP) is 3.66. The summed E-state index contributed by atoms with van der Waals surface area (Å²) >= 11 is 35.7. The summed E-state index contributed by atoms with van der Waals surface area (Å²) in [5, 5.41) is -3.77. The van der Waals surface area contributed by atoms with E-state index in [1.165, 1.54) is 0 Å². The Morgan fingerprint density at radius 1 is 0.312 bits per heavy atom. The first kappa shape index (κ1) is 22.0. The fraction of sp³-hybridized carbons (Fsp3) is 0.100. The van der Waals surface area contributed by atoms with Gasteiger partial charge in [0.15, 0.2) is 0 Å². The summed E-state index contributed by atoms with van der Waals surface area (Å²) in [6.07, 6.45) is 0. The van der Waals surface area contributed by atoms with Gasteiger partial charge in [0.1, 0.15) is 30.2 Å². The Morgan fingerprint density at radius 3 is 0.562 bits per heavy atom. The van der Waals surface area contributed by atoms with Gasteiger partial charge in [-0.3, -0.25) is 28.8 Å². The summed E-state index contributed by atoms with van der Waals surface area (Å²) in [4.78, 5) is 78.4. The van der Waals surface area contributed by atoms with Crippen molar-refractivity contribution >= 4 is 104 Å². The number of Topliss-reactive ketones (excluding diaryl/α,β-unsaturated/α-hetero) is 6. The standard InChI is InChI=1S/C20H2Cl6O6/c21-9-12(24)18(30)6-2-7-4(16(28)10(22)13(25)19(7)31)1(3(6)15(9)27)5-8(2)20(32)14(26)11(23)17(5)29/h1-2H. The van der Waals surface area contributed by atoms with Crippen molar-refractivity contribution in [3.8, 4) is 0 Å². The molecule has 6 nitrogen and oxygen atoms in total. The van der Waals surface area contributed by atoms with E-state index in [9.17, 15) is 28.8 Å². The van der Waals surface area contributed by atoms with Gasteiger partial charge in [-0.2, -0.15) is 0 Å². The van der Waals surface area contributed by atoms with E-state index >= 15 is 0 Å². The number of allylic oxidation sites excluding steroid dienone is 12. The van der Waals surface area contributed by atoms with Crippen LogP contribution < -0.4 is 0 Å². The maximum atomic E-state index is 13.1. The lowest BCUT2D eigenvalue weighted by atomic mass is 9.54. The largest absolute Gasteiger partial charge is 0.288 e. The van der Waals surface area contributed by atoms with Crippen molar-refractivity contribution in [3.63, 3.8) is 0 Å². The van der Waals surface area contributed by atoms with Crippen LogP contribution in [-0.4, -0.2) is 34.7 Å². The minimum absolute atomic E-state index is 0.348. The molecule has 0 heterocycles. The van der Waals surface area contributed by atoms with Crippen molar-refractivity contribution in [1.29, 1.82) is 0 Å². The first-order valence-corrected chi connectivity index (χ1v) is 10.9. The maximum absolute atomic E-state index is 13.1. The third-order valence-corrected chi connectivity index (χ3v) is 8.30. The van der Waals surface area contributed by atoms with Gasteiger partial charge in [-0.1, -0.05) is 69.6 Å². The highest BCUT2D eigenvalue weighted by molar-refractivity contribution is 6.63. The number of carbonyl (C=O) groups is 6. The van der Waals surface area contributed by atoms with Crippen molar-refractivity contribution < 1.29 is 28.8 Å². The van der Waals surface area contributed by atoms with Crippen LogP contribution in [0.5, 0.6) is 0 Å². The van der Waals surface area contributed by atoms with E-state index in [0.717, 1.165) is 0 Å². The first-order chi connectivity index (χ1) is 14.9. The normalized spacial score (nSPS) is 27.9. The molecule has 0 aliphatic heterocycles. The molecule has 0 radical (unpaired) electrons. The molecule has 0 saturated carbocycles. The maximum Gasteiger partial charge on any atom is 0.203 e. The monoisotopic (exact) mass is 548 g/mol. The first-order valence-electron chi connectivity index (χ1n) is 8.59. The van der Waals surface area contributed by atoms with Crippen LogP contribution in [0.3, 0.4) is 0 Å². The third kappa shape index (κ3) is 2.35. The number of ketones is 6. The van der Waals surface area contributed by atoms with Crippen LogP contribution in [0.2, 0.25) is 0 Å². The van der Waals surface area contributed by atoms with Gasteiger partial charge in [-0.25, -0.2) is 0 Å². The van der Waals surface area contributed by atoms with E-state index in [2.05, 4.69) is 0 Å². The van der Waals surface area contributed by atoms with Gasteiger partial charge >= 0.3 is 0 Å². The summed E-state index contributed by atoms with van der Waals surface area (Å²) in [6, 6.07) is 0. The van der Waals surface area contributed by atoms with Gasteiger partial charge in [0, 0.05) is 45.3 Å². The zero-order valence-corrected chi connectivity index (χ0v) is 19.4. The molecule has 0 aromatic heterocycles. The van der Waals surface area contributed by atoms with E-state index in [1.807, 2.05) is 0 Å². The van der Waals surface area contributed by atoms with Crippen LogP contribution in [0.25, 0.3) is 0 Å². The highest BCUT2D eigenvalue weighted by Crippen LogP contribution is 2.59. The van der Waals surface area contributed by atoms with Gasteiger partial charge in [-0.05, 0) is 0 Å². The molecule has 160 valence electrons. The van der Waals surface area contributed by atoms with Gasteiger partial charge in [0.25, 0.3) is 0 Å². The van der Waals surface area contributed by atoms with Gasteiger partial charge < -0.3 is 0 Å². The minimum Gasteiger partial charge on any atom is -0.288 e. The van der Waals surface area contributed by atoms with Crippen molar-refractivity contribution in [2.45, 2.75) is 0 Å². The molecule has 0 fully saturated rings. The molecule has 0 aromatic rings. The quantitative estimate of drug-likeness (QED) is 0.427. The topological polar surface area (TPSA) is 102 Å². The molecule has 0 aromatic carbocycles. The molecule has 6 aliphatic rings. The summed E-state index contributed by atoms with van der Waals surface area (Å²) in [5.74, 6) is -8.84. The second-order valence-corrected chi connectivity index (χ2v) is 9.47. The lowest BCUT2D eigenvalue weighted by Gasteiger charge is -2.46. The van der Waals surface area contributed by atoms with Gasteiger partial charge in [-0.15, -0.1) is 0 Å². The van der Waals surface area contributed by atoms with Gasteiger partial charge in [0.2, 0.25) is 34.7 Å². The van der Waals surface area contributed by atoms with Crippen LogP contribution in [0, 0.1) is 11.8 Å². The number of carbonyl (C=O) groups excluding carboxylic acids is 6. The van der Waals surface area contributed by atoms with Gasteiger partial charge in [0.05, 0.1) is 0 Å². The predicted molar refractivity (Wildman–Crippen MR) is 114 cm³/mol. The van der Waals surface area contributed by atoms with Crippen molar-refractivity contribution in [2.75, 3.05) is 0 Å². The van der Waals surface area contributed by atoms with Crippen LogP contribution >= 0.6 is 69.6 Å². The zero-order valence-electron chi connectivity index (χ0n) is 14.9. The average molecular weight is 551 g/mol. The fourth-order valence-electron chi connectivity index (χ4n) is 4.63. The SMILES string of the molecule is O=C1C(Cl)=C(Cl)C(=O)C2=C1C1C3=C(C(=O)C(Cl)=C(Cl)C3=O)C2C2=C1C(=O)C(Cl)=C(Cl)C2=O. The summed E-state index contributed by atoms with van der Waals surface area (Å²) in [7, 11) is 0. The molecule has 0 amide bonds. The van der Waals surface area contributed by atoms with Crippen molar-refractivity contribution in [2.24, 2.45) is 11.8 Å². The number of hydrogen-bond donors (Lipinski definition) is 0. The smallest absolute Gasteiger partial charge is 0.203 e. The van der Waals surface area contributed by atoms with Crippen LogP contribution in [-0.2, 0) is 28.8 Å². The molecular weight excluding hydrogens is 549 g/mol. The number of halogens is 6. The average Bonchev–Trinajstić information content (AvgIpc) is 2.78. The molecule has 0 unspecified atom stereocenters. The molecule has 12 heteroatoms.